The lowest BCUT2D eigenvalue weighted by molar-refractivity contribution is -0.120. The number of amides is 2. The van der Waals surface area contributed by atoms with E-state index in [4.69, 9.17) is 34.8 Å². The molecule has 0 atom stereocenters. The Bertz CT molecular complexity index is 853. The van der Waals surface area contributed by atoms with Crippen LogP contribution in [0.4, 0.5) is 0 Å². The lowest BCUT2D eigenvalue weighted by Gasteiger charge is -2.07. The minimum atomic E-state index is -0.445. The first-order chi connectivity index (χ1) is 12.4. The first kappa shape index (κ1) is 20.2. The molecular formula is C18H16Cl3N3O2. The van der Waals surface area contributed by atoms with Crippen molar-refractivity contribution in [2.24, 2.45) is 5.10 Å². The molecule has 0 fully saturated rings. The van der Waals surface area contributed by atoms with Gasteiger partial charge in [-0.05, 0) is 36.8 Å². The summed E-state index contributed by atoms with van der Waals surface area (Å²) in [5.74, 6) is -0.672. The van der Waals surface area contributed by atoms with Crippen LogP contribution >= 0.6 is 34.8 Å². The van der Waals surface area contributed by atoms with Crippen molar-refractivity contribution in [1.82, 2.24) is 10.7 Å². The van der Waals surface area contributed by atoms with E-state index >= 15 is 0 Å². The monoisotopic (exact) mass is 411 g/mol. The third kappa shape index (κ3) is 6.02. The number of nitrogens with one attached hydrogen (secondary N) is 2. The van der Waals surface area contributed by atoms with Crippen molar-refractivity contribution in [3.05, 3.63) is 68.7 Å². The zero-order valence-electron chi connectivity index (χ0n) is 13.9. The highest BCUT2D eigenvalue weighted by Crippen LogP contribution is 2.22. The van der Waals surface area contributed by atoms with Gasteiger partial charge in [0.1, 0.15) is 0 Å². The van der Waals surface area contributed by atoms with E-state index in [0.29, 0.717) is 27.9 Å². The van der Waals surface area contributed by atoms with E-state index in [2.05, 4.69) is 15.8 Å². The number of carbonyl (C=O) groups is 2. The number of rotatable bonds is 6. The molecule has 0 aliphatic rings. The summed E-state index contributed by atoms with van der Waals surface area (Å²) >= 11 is 17.7. The summed E-state index contributed by atoms with van der Waals surface area (Å²) in [6.07, 6.45) is 0.0477. The van der Waals surface area contributed by atoms with Crippen molar-refractivity contribution >= 4 is 52.3 Å². The van der Waals surface area contributed by atoms with Gasteiger partial charge < -0.3 is 5.32 Å². The van der Waals surface area contributed by atoms with E-state index in [-0.39, 0.29) is 17.4 Å². The maximum Gasteiger partial charge on any atom is 0.271 e. The van der Waals surface area contributed by atoms with Gasteiger partial charge in [-0.25, -0.2) is 5.43 Å². The minimum Gasteiger partial charge on any atom is -0.352 e. The highest BCUT2D eigenvalue weighted by molar-refractivity contribution is 6.42. The Balaban J connectivity index is 1.85. The first-order valence-electron chi connectivity index (χ1n) is 7.65. The largest absolute Gasteiger partial charge is 0.352 e. The van der Waals surface area contributed by atoms with Crippen molar-refractivity contribution in [3.8, 4) is 0 Å². The van der Waals surface area contributed by atoms with E-state index in [0.717, 1.165) is 5.56 Å². The van der Waals surface area contributed by atoms with Gasteiger partial charge in [0.25, 0.3) is 5.91 Å². The Morgan fingerprint density at radius 3 is 2.42 bits per heavy atom. The average Bonchev–Trinajstić information content (AvgIpc) is 2.61. The fourth-order valence-electron chi connectivity index (χ4n) is 2.02. The van der Waals surface area contributed by atoms with Crippen LogP contribution in [-0.4, -0.2) is 17.5 Å². The number of hydrogen-bond acceptors (Lipinski definition) is 3. The molecule has 0 aliphatic heterocycles. The van der Waals surface area contributed by atoms with Crippen LogP contribution in [0.25, 0.3) is 0 Å². The molecule has 2 aromatic carbocycles. The molecule has 5 nitrogen and oxygen atoms in total. The number of carbonyl (C=O) groups excluding carboxylic acids is 2. The maximum absolute atomic E-state index is 12.0. The van der Waals surface area contributed by atoms with Crippen LogP contribution in [0.5, 0.6) is 0 Å². The molecule has 136 valence electrons. The number of hydrogen-bond donors (Lipinski definition) is 2. The number of nitrogens with zero attached hydrogens (tertiary/aromatic N) is 1. The fourth-order valence-corrected chi connectivity index (χ4v) is 2.52. The summed E-state index contributed by atoms with van der Waals surface area (Å²) in [7, 11) is 0. The summed E-state index contributed by atoms with van der Waals surface area (Å²) in [6, 6.07) is 11.8. The van der Waals surface area contributed by atoms with Gasteiger partial charge in [0.15, 0.2) is 0 Å². The quantitative estimate of drug-likeness (QED) is 0.543. The molecule has 2 rings (SSSR count). The summed E-state index contributed by atoms with van der Waals surface area (Å²) in [4.78, 5) is 24.0. The average molecular weight is 413 g/mol. The molecule has 2 N–H and O–H groups in total. The Morgan fingerprint density at radius 2 is 1.73 bits per heavy atom. The molecular weight excluding hydrogens is 397 g/mol. The Labute approximate surface area is 166 Å². The van der Waals surface area contributed by atoms with Gasteiger partial charge in [0.2, 0.25) is 5.91 Å². The van der Waals surface area contributed by atoms with Crippen LogP contribution in [0.2, 0.25) is 15.1 Å². The maximum atomic E-state index is 12.0. The standard InChI is InChI=1S/C18H16Cl3N3O2/c1-11(8-17(25)22-10-13-4-2-3-5-14(13)19)23-24-18(26)12-6-7-15(20)16(21)9-12/h2-7,9H,8,10H2,1H3,(H,22,25)(H,24,26). The molecule has 0 bridgehead atoms. The van der Waals surface area contributed by atoms with Crippen molar-refractivity contribution < 1.29 is 9.59 Å². The molecule has 2 amide bonds. The molecule has 8 heteroatoms. The predicted molar refractivity (Wildman–Crippen MR) is 105 cm³/mol. The van der Waals surface area contributed by atoms with Gasteiger partial charge in [0.05, 0.1) is 16.5 Å². The fraction of sp³-hybridized carbons (Fsp3) is 0.167. The third-order valence-electron chi connectivity index (χ3n) is 3.38. The van der Waals surface area contributed by atoms with E-state index in [1.165, 1.54) is 18.2 Å². The SMILES string of the molecule is CC(CC(=O)NCc1ccccc1Cl)=NNC(=O)c1ccc(Cl)c(Cl)c1. The third-order valence-corrected chi connectivity index (χ3v) is 4.49. The van der Waals surface area contributed by atoms with E-state index < -0.39 is 5.91 Å². The highest BCUT2D eigenvalue weighted by atomic mass is 35.5. The van der Waals surface area contributed by atoms with E-state index in [1.807, 2.05) is 18.2 Å². The van der Waals surface area contributed by atoms with Gasteiger partial charge >= 0.3 is 0 Å². The highest BCUT2D eigenvalue weighted by Gasteiger charge is 2.09. The van der Waals surface area contributed by atoms with Crippen molar-refractivity contribution in [2.45, 2.75) is 19.9 Å². The van der Waals surface area contributed by atoms with Gasteiger partial charge in [-0.15, -0.1) is 0 Å². The second kappa shape index (κ2) is 9.57. The van der Waals surface area contributed by atoms with Crippen molar-refractivity contribution in [3.63, 3.8) is 0 Å². The van der Waals surface area contributed by atoms with Crippen molar-refractivity contribution in [2.75, 3.05) is 0 Å². The lowest BCUT2D eigenvalue weighted by atomic mass is 10.2. The molecule has 0 saturated carbocycles. The number of benzene rings is 2. The first-order valence-corrected chi connectivity index (χ1v) is 8.79. The van der Waals surface area contributed by atoms with Crippen LogP contribution in [0.15, 0.2) is 47.6 Å². The molecule has 26 heavy (non-hydrogen) atoms. The van der Waals surface area contributed by atoms with Gasteiger partial charge in [-0.1, -0.05) is 53.0 Å². The number of hydrazone groups is 1. The Kier molecular flexibility index (Phi) is 7.45. The van der Waals surface area contributed by atoms with Crippen LogP contribution in [0.1, 0.15) is 29.3 Å². The zero-order chi connectivity index (χ0) is 19.1. The summed E-state index contributed by atoms with van der Waals surface area (Å²) in [5.41, 5.74) is 3.98. The Hall–Kier alpha value is -2.08. The molecule has 2 aromatic rings. The zero-order valence-corrected chi connectivity index (χ0v) is 16.1. The summed E-state index contributed by atoms with van der Waals surface area (Å²) < 4.78 is 0. The predicted octanol–water partition coefficient (Wildman–Crippen LogP) is 4.46. The van der Waals surface area contributed by atoms with Gasteiger partial charge in [-0.3, -0.25) is 9.59 Å². The number of halogens is 3. The van der Waals surface area contributed by atoms with Crippen molar-refractivity contribution in [1.29, 1.82) is 0 Å². The molecule has 0 aliphatic carbocycles. The van der Waals surface area contributed by atoms with E-state index in [9.17, 15) is 9.59 Å². The minimum absolute atomic E-state index is 0.0477. The summed E-state index contributed by atoms with van der Waals surface area (Å²) in [5, 5.41) is 7.90. The molecule has 0 unspecified atom stereocenters. The van der Waals surface area contributed by atoms with Crippen LogP contribution in [-0.2, 0) is 11.3 Å². The lowest BCUT2D eigenvalue weighted by Crippen LogP contribution is -2.26. The van der Waals surface area contributed by atoms with Crippen LogP contribution in [0.3, 0.4) is 0 Å². The molecule has 0 spiro atoms. The molecule has 0 saturated heterocycles. The van der Waals surface area contributed by atoms with E-state index in [1.54, 1.807) is 13.0 Å². The topological polar surface area (TPSA) is 70.6 Å². The van der Waals surface area contributed by atoms with Crippen LogP contribution < -0.4 is 10.7 Å². The molecule has 0 aromatic heterocycles. The van der Waals surface area contributed by atoms with Gasteiger partial charge in [0, 0.05) is 22.8 Å². The molecule has 0 radical (unpaired) electrons. The normalized spacial score (nSPS) is 11.2. The Morgan fingerprint density at radius 1 is 1.00 bits per heavy atom. The second-order valence-corrected chi connectivity index (χ2v) is 6.68. The molecule has 0 heterocycles. The van der Waals surface area contributed by atoms with Crippen LogP contribution in [0, 0.1) is 0 Å². The smallest absolute Gasteiger partial charge is 0.271 e. The second-order valence-electron chi connectivity index (χ2n) is 5.46. The summed E-state index contributed by atoms with van der Waals surface area (Å²) in [6.45, 7) is 1.96. The van der Waals surface area contributed by atoms with Gasteiger partial charge in [-0.2, -0.15) is 5.10 Å².